The van der Waals surface area contributed by atoms with Crippen molar-refractivity contribution in [3.63, 3.8) is 0 Å². The van der Waals surface area contributed by atoms with E-state index in [4.69, 9.17) is 10.2 Å². The van der Waals surface area contributed by atoms with Crippen LogP contribution in [0.4, 0.5) is 0 Å². The lowest BCUT2D eigenvalue weighted by atomic mass is 10.1. The molecule has 0 atom stereocenters. The maximum atomic E-state index is 11.0. The molecule has 3 heterocycles. The number of fused-ring (bicyclic) bond motifs is 1. The third-order valence-electron chi connectivity index (χ3n) is 4.50. The van der Waals surface area contributed by atoms with Gasteiger partial charge in [0.15, 0.2) is 11.5 Å². The van der Waals surface area contributed by atoms with Crippen LogP contribution in [0.3, 0.4) is 0 Å². The normalized spacial score (nSPS) is 11.2. The number of hydrogen-bond donors (Lipinski definition) is 1. The Morgan fingerprint density at radius 3 is 2.38 bits per heavy atom. The fourth-order valence-corrected chi connectivity index (χ4v) is 3.20. The van der Waals surface area contributed by atoms with Crippen molar-refractivity contribution in [2.24, 2.45) is 0 Å². The van der Waals surface area contributed by atoms with Crippen LogP contribution < -0.4 is 0 Å². The Balaban J connectivity index is 1.80. The number of hydrogen-bond acceptors (Lipinski definition) is 3. The smallest absolute Gasteiger partial charge is 0.335 e. The first-order valence-corrected chi connectivity index (χ1v) is 8.33. The van der Waals surface area contributed by atoms with E-state index < -0.39 is 5.97 Å². The highest BCUT2D eigenvalue weighted by molar-refractivity contribution is 5.87. The first-order chi connectivity index (χ1) is 12.5. The van der Waals surface area contributed by atoms with Gasteiger partial charge in [-0.2, -0.15) is 5.10 Å². The largest absolute Gasteiger partial charge is 0.478 e. The van der Waals surface area contributed by atoms with Gasteiger partial charge in [0.05, 0.1) is 17.5 Å². The van der Waals surface area contributed by atoms with E-state index in [2.05, 4.69) is 35.5 Å². The minimum atomic E-state index is -0.927. The fourth-order valence-electron chi connectivity index (χ4n) is 3.20. The van der Waals surface area contributed by atoms with E-state index in [1.807, 2.05) is 28.9 Å². The molecule has 6 heteroatoms. The lowest BCUT2D eigenvalue weighted by molar-refractivity contribution is 0.0697. The van der Waals surface area contributed by atoms with E-state index in [0.29, 0.717) is 6.54 Å². The molecule has 3 aromatic heterocycles. The summed E-state index contributed by atoms with van der Waals surface area (Å²) in [5.74, 6) is -0.0705. The van der Waals surface area contributed by atoms with Crippen LogP contribution in [0, 0.1) is 13.8 Å². The first kappa shape index (κ1) is 16.1. The second-order valence-electron chi connectivity index (χ2n) is 6.31. The molecule has 130 valence electrons. The lowest BCUT2D eigenvalue weighted by Gasteiger charge is -2.06. The molecule has 0 saturated heterocycles. The number of benzene rings is 1. The first-order valence-electron chi connectivity index (χ1n) is 8.33. The predicted molar refractivity (Wildman–Crippen MR) is 98.8 cm³/mol. The number of aromatic carboxylic acids is 1. The van der Waals surface area contributed by atoms with Gasteiger partial charge < -0.3 is 9.67 Å². The molecule has 4 aromatic rings. The Bertz CT molecular complexity index is 1090. The molecule has 0 spiro atoms. The summed E-state index contributed by atoms with van der Waals surface area (Å²) < 4.78 is 3.98. The SMILES string of the molecule is Cc1ccc(C)n1-c1nn(Cc2ccc(C(=O)O)cc2)c2ncccc12. The number of aryl methyl sites for hydroxylation is 2. The zero-order valence-corrected chi connectivity index (χ0v) is 14.5. The summed E-state index contributed by atoms with van der Waals surface area (Å²) in [6, 6.07) is 14.9. The average molecular weight is 346 g/mol. The molecule has 0 saturated carbocycles. The Morgan fingerprint density at radius 1 is 1.04 bits per heavy atom. The van der Waals surface area contributed by atoms with Gasteiger partial charge in [-0.25, -0.2) is 14.5 Å². The van der Waals surface area contributed by atoms with Crippen molar-refractivity contribution in [3.8, 4) is 5.82 Å². The molecule has 4 rings (SSSR count). The van der Waals surface area contributed by atoms with Gasteiger partial charge in [-0.05, 0) is 55.8 Å². The number of carbonyl (C=O) groups is 1. The van der Waals surface area contributed by atoms with Crippen LogP contribution in [-0.4, -0.2) is 30.4 Å². The highest BCUT2D eigenvalue weighted by atomic mass is 16.4. The molecule has 6 nitrogen and oxygen atoms in total. The number of carboxylic acids is 1. The van der Waals surface area contributed by atoms with Gasteiger partial charge in [0.1, 0.15) is 0 Å². The van der Waals surface area contributed by atoms with Crippen molar-refractivity contribution >= 4 is 17.0 Å². The summed E-state index contributed by atoms with van der Waals surface area (Å²) in [6.45, 7) is 4.63. The minimum Gasteiger partial charge on any atom is -0.478 e. The van der Waals surface area contributed by atoms with E-state index in [-0.39, 0.29) is 5.56 Å². The monoisotopic (exact) mass is 346 g/mol. The molecule has 0 aliphatic heterocycles. The van der Waals surface area contributed by atoms with Gasteiger partial charge in [-0.15, -0.1) is 0 Å². The second-order valence-corrected chi connectivity index (χ2v) is 6.31. The van der Waals surface area contributed by atoms with Gasteiger partial charge in [0, 0.05) is 17.6 Å². The molecule has 0 radical (unpaired) electrons. The predicted octanol–water partition coefficient (Wildman–Crippen LogP) is 3.59. The number of aromatic nitrogens is 4. The van der Waals surface area contributed by atoms with Gasteiger partial charge >= 0.3 is 5.97 Å². The molecule has 0 aliphatic carbocycles. The summed E-state index contributed by atoms with van der Waals surface area (Å²) in [4.78, 5) is 15.5. The summed E-state index contributed by atoms with van der Waals surface area (Å²) in [6.07, 6.45) is 1.76. The fraction of sp³-hybridized carbons (Fsp3) is 0.150. The third kappa shape index (κ3) is 2.65. The topological polar surface area (TPSA) is 72.9 Å². The zero-order valence-electron chi connectivity index (χ0n) is 14.5. The van der Waals surface area contributed by atoms with E-state index in [9.17, 15) is 4.79 Å². The van der Waals surface area contributed by atoms with Crippen molar-refractivity contribution < 1.29 is 9.90 Å². The van der Waals surface area contributed by atoms with Crippen LogP contribution >= 0.6 is 0 Å². The standard InChI is InChI=1S/C20H18N4O2/c1-13-5-6-14(2)24(13)19-17-4-3-11-21-18(17)23(22-19)12-15-7-9-16(10-8-15)20(25)26/h3-11H,12H2,1-2H3,(H,25,26). The second kappa shape index (κ2) is 6.15. The molecule has 0 bridgehead atoms. The summed E-state index contributed by atoms with van der Waals surface area (Å²) in [7, 11) is 0. The lowest BCUT2D eigenvalue weighted by Crippen LogP contribution is -2.05. The number of pyridine rings is 1. The number of carboxylic acid groups (broad SMARTS) is 1. The molecule has 0 aliphatic rings. The Labute approximate surface area is 150 Å². The maximum absolute atomic E-state index is 11.0. The Hall–Kier alpha value is -3.41. The molecule has 0 fully saturated rings. The molecule has 0 unspecified atom stereocenters. The number of rotatable bonds is 4. The van der Waals surface area contributed by atoms with Crippen LogP contribution in [0.1, 0.15) is 27.3 Å². The van der Waals surface area contributed by atoms with E-state index in [1.165, 1.54) is 0 Å². The third-order valence-corrected chi connectivity index (χ3v) is 4.50. The van der Waals surface area contributed by atoms with Crippen molar-refractivity contribution in [2.45, 2.75) is 20.4 Å². The quantitative estimate of drug-likeness (QED) is 0.613. The van der Waals surface area contributed by atoms with Crippen molar-refractivity contribution in [1.82, 2.24) is 19.3 Å². The van der Waals surface area contributed by atoms with Crippen LogP contribution in [0.2, 0.25) is 0 Å². The molecular formula is C20H18N4O2. The Morgan fingerprint density at radius 2 is 1.73 bits per heavy atom. The number of nitrogens with zero attached hydrogens (tertiary/aromatic N) is 4. The van der Waals surface area contributed by atoms with Gasteiger partial charge in [0.25, 0.3) is 0 Å². The molecule has 0 amide bonds. The maximum Gasteiger partial charge on any atom is 0.335 e. The summed E-state index contributed by atoms with van der Waals surface area (Å²) in [5, 5.41) is 14.8. The molecular weight excluding hydrogens is 328 g/mol. The van der Waals surface area contributed by atoms with Crippen LogP contribution in [0.15, 0.2) is 54.7 Å². The van der Waals surface area contributed by atoms with Crippen molar-refractivity contribution in [2.75, 3.05) is 0 Å². The summed E-state index contributed by atoms with van der Waals surface area (Å²) >= 11 is 0. The molecule has 1 aromatic carbocycles. The van der Waals surface area contributed by atoms with Crippen LogP contribution in [0.5, 0.6) is 0 Å². The van der Waals surface area contributed by atoms with E-state index in [1.54, 1.807) is 18.3 Å². The molecule has 1 N–H and O–H groups in total. The van der Waals surface area contributed by atoms with E-state index in [0.717, 1.165) is 33.8 Å². The molecule has 26 heavy (non-hydrogen) atoms. The van der Waals surface area contributed by atoms with Gasteiger partial charge in [0.2, 0.25) is 0 Å². The average Bonchev–Trinajstić information content (AvgIpc) is 3.15. The van der Waals surface area contributed by atoms with Crippen LogP contribution in [0.25, 0.3) is 16.9 Å². The van der Waals surface area contributed by atoms with Crippen molar-refractivity contribution in [3.05, 3.63) is 77.2 Å². The van der Waals surface area contributed by atoms with E-state index >= 15 is 0 Å². The van der Waals surface area contributed by atoms with Crippen LogP contribution in [-0.2, 0) is 6.54 Å². The highest BCUT2D eigenvalue weighted by Gasteiger charge is 2.16. The van der Waals surface area contributed by atoms with Gasteiger partial charge in [-0.1, -0.05) is 12.1 Å². The zero-order chi connectivity index (χ0) is 18.3. The Kier molecular flexibility index (Phi) is 3.80. The van der Waals surface area contributed by atoms with Gasteiger partial charge in [-0.3, -0.25) is 0 Å². The minimum absolute atomic E-state index is 0.275. The van der Waals surface area contributed by atoms with Crippen molar-refractivity contribution in [1.29, 1.82) is 0 Å². The highest BCUT2D eigenvalue weighted by Crippen LogP contribution is 2.24. The summed E-state index contributed by atoms with van der Waals surface area (Å²) in [5.41, 5.74) is 4.28.